The Kier molecular flexibility index (Phi) is 5.04. The summed E-state index contributed by atoms with van der Waals surface area (Å²) in [7, 11) is -2.47. The lowest BCUT2D eigenvalue weighted by atomic mass is 10.00. The van der Waals surface area contributed by atoms with Crippen LogP contribution in [0, 0.1) is 10.8 Å². The molecule has 0 saturated heterocycles. The van der Waals surface area contributed by atoms with Gasteiger partial charge in [0, 0.05) is 11.3 Å². The summed E-state index contributed by atoms with van der Waals surface area (Å²) in [6.45, 7) is 18.8. The van der Waals surface area contributed by atoms with Crippen LogP contribution in [0.3, 0.4) is 0 Å². The van der Waals surface area contributed by atoms with Crippen molar-refractivity contribution >= 4 is 18.7 Å². The van der Waals surface area contributed by atoms with Crippen LogP contribution in [0.4, 0.5) is 0 Å². The van der Waals surface area contributed by atoms with Crippen molar-refractivity contribution in [3.05, 3.63) is 0 Å². The second kappa shape index (κ2) is 4.89. The molecule has 17 heavy (non-hydrogen) atoms. The second-order valence-electron chi connectivity index (χ2n) is 8.39. The molecule has 0 rings (SSSR count). The lowest BCUT2D eigenvalue weighted by molar-refractivity contribution is 0.407. The third-order valence-corrected chi connectivity index (χ3v) is 9.72. The zero-order chi connectivity index (χ0) is 14.3. The standard InChI is InChI=1S/C14H30ClOP/c1-12(2,3)10-17(16,14(7,8)9)11(15)13(4,5)6/h11H,10H2,1-9H3. The van der Waals surface area contributed by atoms with Crippen molar-refractivity contribution < 1.29 is 4.57 Å². The highest BCUT2D eigenvalue weighted by molar-refractivity contribution is 7.67. The minimum Gasteiger partial charge on any atom is -0.321 e. The van der Waals surface area contributed by atoms with Crippen molar-refractivity contribution in [1.82, 2.24) is 0 Å². The van der Waals surface area contributed by atoms with Gasteiger partial charge in [0.15, 0.2) is 0 Å². The van der Waals surface area contributed by atoms with Crippen LogP contribution < -0.4 is 0 Å². The Balaban J connectivity index is 5.52. The number of rotatable bonds is 2. The van der Waals surface area contributed by atoms with Crippen molar-refractivity contribution in [3.8, 4) is 0 Å². The Morgan fingerprint density at radius 2 is 1.29 bits per heavy atom. The highest BCUT2D eigenvalue weighted by Gasteiger charge is 2.48. The number of halogens is 1. The third kappa shape index (κ3) is 4.60. The molecule has 0 saturated carbocycles. The molecule has 0 fully saturated rings. The van der Waals surface area contributed by atoms with E-state index in [2.05, 4.69) is 62.3 Å². The van der Waals surface area contributed by atoms with Crippen LogP contribution >= 0.6 is 18.7 Å². The van der Waals surface area contributed by atoms with Gasteiger partial charge >= 0.3 is 0 Å². The highest BCUT2D eigenvalue weighted by Crippen LogP contribution is 2.68. The van der Waals surface area contributed by atoms with Gasteiger partial charge in [0.1, 0.15) is 7.14 Å². The van der Waals surface area contributed by atoms with E-state index in [0.717, 1.165) is 0 Å². The van der Waals surface area contributed by atoms with Gasteiger partial charge in [-0.15, -0.1) is 11.6 Å². The van der Waals surface area contributed by atoms with Crippen LogP contribution in [-0.2, 0) is 4.57 Å². The maximum absolute atomic E-state index is 13.5. The fourth-order valence-corrected chi connectivity index (χ4v) is 7.05. The summed E-state index contributed by atoms with van der Waals surface area (Å²) in [5, 5.41) is -0.505. The molecule has 2 atom stereocenters. The van der Waals surface area contributed by atoms with Gasteiger partial charge in [-0.2, -0.15) is 0 Å². The van der Waals surface area contributed by atoms with Gasteiger partial charge in [-0.05, 0) is 10.8 Å². The molecule has 0 aromatic rings. The summed E-state index contributed by atoms with van der Waals surface area (Å²) in [5.74, 6) is 0. The molecule has 0 aliphatic carbocycles. The zero-order valence-electron chi connectivity index (χ0n) is 13.0. The molecular formula is C14H30ClOP. The molecule has 3 heteroatoms. The maximum Gasteiger partial charge on any atom is 0.111 e. The largest absolute Gasteiger partial charge is 0.321 e. The van der Waals surface area contributed by atoms with E-state index in [1.54, 1.807) is 0 Å². The van der Waals surface area contributed by atoms with Crippen molar-refractivity contribution in [1.29, 1.82) is 0 Å². The average Bonchev–Trinajstić information content (AvgIpc) is 1.95. The smallest absolute Gasteiger partial charge is 0.111 e. The van der Waals surface area contributed by atoms with Gasteiger partial charge in [-0.1, -0.05) is 62.3 Å². The normalized spacial score (nSPS) is 19.9. The number of hydrogen-bond donors (Lipinski definition) is 0. The van der Waals surface area contributed by atoms with Crippen LogP contribution in [0.25, 0.3) is 0 Å². The van der Waals surface area contributed by atoms with E-state index in [1.165, 1.54) is 0 Å². The van der Waals surface area contributed by atoms with Crippen LogP contribution in [-0.4, -0.2) is 16.4 Å². The van der Waals surface area contributed by atoms with Gasteiger partial charge in [-0.25, -0.2) is 0 Å². The monoisotopic (exact) mass is 280 g/mol. The Labute approximate surface area is 113 Å². The lowest BCUT2D eigenvalue weighted by Crippen LogP contribution is -2.34. The van der Waals surface area contributed by atoms with E-state index in [-0.39, 0.29) is 21.1 Å². The molecular weight excluding hydrogens is 251 g/mol. The first-order chi connectivity index (χ1) is 7.11. The van der Waals surface area contributed by atoms with Gasteiger partial charge in [-0.3, -0.25) is 0 Å². The van der Waals surface area contributed by atoms with Gasteiger partial charge in [0.25, 0.3) is 0 Å². The Morgan fingerprint density at radius 1 is 0.941 bits per heavy atom. The lowest BCUT2D eigenvalue weighted by Gasteiger charge is -2.43. The fourth-order valence-electron chi connectivity index (χ4n) is 1.99. The first-order valence-corrected chi connectivity index (χ1v) is 8.74. The molecule has 0 amide bonds. The average molecular weight is 281 g/mol. The minimum atomic E-state index is -2.47. The molecule has 1 nitrogen and oxygen atoms in total. The summed E-state index contributed by atoms with van der Waals surface area (Å²) in [6.07, 6.45) is 0.703. The number of alkyl halides is 1. The summed E-state index contributed by atoms with van der Waals surface area (Å²) < 4.78 is 13.5. The molecule has 104 valence electrons. The predicted octanol–water partition coefficient (Wildman–Crippen LogP) is 5.81. The van der Waals surface area contributed by atoms with Crippen LogP contribution in [0.15, 0.2) is 0 Å². The Morgan fingerprint density at radius 3 is 1.47 bits per heavy atom. The maximum atomic E-state index is 13.5. The molecule has 0 aromatic heterocycles. The van der Waals surface area contributed by atoms with Crippen LogP contribution in [0.2, 0.25) is 0 Å². The molecule has 0 aliphatic heterocycles. The minimum absolute atomic E-state index is 0.0429. The Hall–Kier alpha value is 0.520. The molecule has 0 bridgehead atoms. The van der Waals surface area contributed by atoms with Crippen molar-refractivity contribution in [2.45, 2.75) is 72.6 Å². The van der Waals surface area contributed by atoms with Crippen LogP contribution in [0.5, 0.6) is 0 Å². The van der Waals surface area contributed by atoms with E-state index < -0.39 is 7.14 Å². The molecule has 2 unspecified atom stereocenters. The quantitative estimate of drug-likeness (QED) is 0.461. The molecule has 0 spiro atoms. The molecule has 0 N–H and O–H groups in total. The highest BCUT2D eigenvalue weighted by atomic mass is 35.5. The van der Waals surface area contributed by atoms with E-state index in [4.69, 9.17) is 11.6 Å². The van der Waals surface area contributed by atoms with Gasteiger partial charge in [0.2, 0.25) is 0 Å². The molecule has 0 heterocycles. The van der Waals surface area contributed by atoms with Gasteiger partial charge in [0.05, 0.1) is 5.12 Å². The molecule has 0 aromatic carbocycles. The molecule has 0 aliphatic rings. The SMILES string of the molecule is CC(C)(C)CP(=O)(C(Cl)C(C)(C)C)C(C)(C)C. The van der Waals surface area contributed by atoms with E-state index in [1.807, 2.05) is 0 Å². The second-order valence-corrected chi connectivity index (χ2v) is 12.9. The van der Waals surface area contributed by atoms with Crippen LogP contribution in [0.1, 0.15) is 62.3 Å². The Bertz CT molecular complexity index is 302. The summed E-state index contributed by atoms with van der Waals surface area (Å²) in [5.41, 5.74) is -0.0865. The molecule has 0 radical (unpaired) electrons. The van der Waals surface area contributed by atoms with E-state index in [0.29, 0.717) is 6.16 Å². The van der Waals surface area contributed by atoms with Crippen molar-refractivity contribution in [2.75, 3.05) is 6.16 Å². The first kappa shape index (κ1) is 17.5. The van der Waals surface area contributed by atoms with Gasteiger partial charge < -0.3 is 4.57 Å². The van der Waals surface area contributed by atoms with E-state index >= 15 is 0 Å². The summed E-state index contributed by atoms with van der Waals surface area (Å²) in [4.78, 5) is 0. The fraction of sp³-hybridized carbons (Fsp3) is 1.00. The first-order valence-electron chi connectivity index (χ1n) is 6.34. The third-order valence-electron chi connectivity index (χ3n) is 2.93. The number of hydrogen-bond acceptors (Lipinski definition) is 1. The zero-order valence-corrected chi connectivity index (χ0v) is 14.7. The topological polar surface area (TPSA) is 17.1 Å². The van der Waals surface area contributed by atoms with Crippen molar-refractivity contribution in [3.63, 3.8) is 0 Å². The van der Waals surface area contributed by atoms with E-state index in [9.17, 15) is 4.57 Å². The summed E-state index contributed by atoms with van der Waals surface area (Å²) in [6, 6.07) is 0. The predicted molar refractivity (Wildman–Crippen MR) is 80.8 cm³/mol. The summed E-state index contributed by atoms with van der Waals surface area (Å²) >= 11 is 6.59. The van der Waals surface area contributed by atoms with Crippen molar-refractivity contribution in [2.24, 2.45) is 10.8 Å².